The van der Waals surface area contributed by atoms with Gasteiger partial charge in [-0.2, -0.15) is 0 Å². The SMILES string of the molecule is COc1cc(C)c(OC)c2c3c(c(C)nc12)C(C)C(C)N3. The van der Waals surface area contributed by atoms with Gasteiger partial charge in [0.25, 0.3) is 0 Å². The molecule has 1 aromatic carbocycles. The molecule has 0 radical (unpaired) electrons. The molecule has 0 spiro atoms. The molecule has 2 atom stereocenters. The zero-order valence-corrected chi connectivity index (χ0v) is 13.5. The van der Waals surface area contributed by atoms with Crippen LogP contribution in [0.15, 0.2) is 6.07 Å². The van der Waals surface area contributed by atoms with Gasteiger partial charge < -0.3 is 14.8 Å². The second-order valence-electron chi connectivity index (χ2n) is 5.86. The van der Waals surface area contributed by atoms with Crippen LogP contribution in [0.25, 0.3) is 10.9 Å². The number of pyridine rings is 1. The Hall–Kier alpha value is -1.97. The van der Waals surface area contributed by atoms with Gasteiger partial charge in [0.2, 0.25) is 0 Å². The minimum absolute atomic E-state index is 0.391. The number of benzene rings is 1. The van der Waals surface area contributed by atoms with E-state index in [0.717, 1.165) is 39.3 Å². The molecule has 0 saturated carbocycles. The van der Waals surface area contributed by atoms with Crippen molar-refractivity contribution in [3.05, 3.63) is 22.9 Å². The number of methoxy groups -OCH3 is 2. The fourth-order valence-corrected chi connectivity index (χ4v) is 3.37. The highest BCUT2D eigenvalue weighted by Gasteiger charge is 2.31. The molecule has 21 heavy (non-hydrogen) atoms. The third kappa shape index (κ3) is 1.85. The summed E-state index contributed by atoms with van der Waals surface area (Å²) in [6.45, 7) is 8.55. The van der Waals surface area contributed by atoms with E-state index in [1.807, 2.05) is 13.0 Å². The zero-order chi connectivity index (χ0) is 15.3. The molecule has 0 saturated heterocycles. The van der Waals surface area contributed by atoms with E-state index >= 15 is 0 Å². The second-order valence-corrected chi connectivity index (χ2v) is 5.86. The Kier molecular flexibility index (Phi) is 3.19. The van der Waals surface area contributed by atoms with Gasteiger partial charge in [-0.1, -0.05) is 6.92 Å². The molecule has 2 aromatic rings. The van der Waals surface area contributed by atoms with Gasteiger partial charge in [0, 0.05) is 23.2 Å². The van der Waals surface area contributed by atoms with Gasteiger partial charge in [-0.05, 0) is 32.4 Å². The minimum Gasteiger partial charge on any atom is -0.496 e. The number of anilines is 1. The van der Waals surface area contributed by atoms with Crippen molar-refractivity contribution in [2.24, 2.45) is 0 Å². The highest BCUT2D eigenvalue weighted by atomic mass is 16.5. The van der Waals surface area contributed by atoms with Crippen molar-refractivity contribution < 1.29 is 9.47 Å². The summed E-state index contributed by atoms with van der Waals surface area (Å²) in [4.78, 5) is 4.81. The summed E-state index contributed by atoms with van der Waals surface area (Å²) < 4.78 is 11.2. The molecule has 0 fully saturated rings. The molecule has 4 nitrogen and oxygen atoms in total. The summed E-state index contributed by atoms with van der Waals surface area (Å²) in [6, 6.07) is 2.38. The molecule has 112 valence electrons. The van der Waals surface area contributed by atoms with E-state index in [2.05, 4.69) is 26.1 Å². The fourth-order valence-electron chi connectivity index (χ4n) is 3.37. The van der Waals surface area contributed by atoms with E-state index in [1.165, 1.54) is 5.56 Å². The largest absolute Gasteiger partial charge is 0.496 e. The zero-order valence-electron chi connectivity index (χ0n) is 13.5. The predicted octanol–water partition coefficient (Wildman–Crippen LogP) is 3.79. The lowest BCUT2D eigenvalue weighted by molar-refractivity contribution is 0.407. The average Bonchev–Trinajstić information content (AvgIpc) is 2.75. The Morgan fingerprint density at radius 3 is 2.48 bits per heavy atom. The van der Waals surface area contributed by atoms with Crippen molar-refractivity contribution in [2.45, 2.75) is 39.7 Å². The van der Waals surface area contributed by atoms with Crippen LogP contribution in [0.4, 0.5) is 5.69 Å². The van der Waals surface area contributed by atoms with Crippen LogP contribution in [0, 0.1) is 13.8 Å². The molecule has 0 amide bonds. The Labute approximate surface area is 125 Å². The van der Waals surface area contributed by atoms with E-state index in [4.69, 9.17) is 14.5 Å². The number of aryl methyl sites for hydroxylation is 2. The van der Waals surface area contributed by atoms with Gasteiger partial charge in [-0.3, -0.25) is 0 Å². The number of rotatable bonds is 2. The normalized spacial score (nSPS) is 20.3. The molecule has 1 aromatic heterocycles. The molecule has 2 heterocycles. The van der Waals surface area contributed by atoms with Gasteiger partial charge in [0.05, 0.1) is 25.3 Å². The second kappa shape index (κ2) is 4.79. The summed E-state index contributed by atoms with van der Waals surface area (Å²) in [5.41, 5.74) is 5.43. The Morgan fingerprint density at radius 1 is 1.14 bits per heavy atom. The maximum atomic E-state index is 5.66. The van der Waals surface area contributed by atoms with E-state index in [9.17, 15) is 0 Å². The smallest absolute Gasteiger partial charge is 0.145 e. The maximum absolute atomic E-state index is 5.66. The molecule has 1 aliphatic rings. The summed E-state index contributed by atoms with van der Waals surface area (Å²) in [5, 5.41) is 4.64. The van der Waals surface area contributed by atoms with Crippen LogP contribution in [0.3, 0.4) is 0 Å². The third-order valence-electron chi connectivity index (χ3n) is 4.59. The lowest BCUT2D eigenvalue weighted by Crippen LogP contribution is -2.13. The highest BCUT2D eigenvalue weighted by Crippen LogP contribution is 2.47. The summed E-state index contributed by atoms with van der Waals surface area (Å²) in [6.07, 6.45) is 0. The monoisotopic (exact) mass is 286 g/mol. The molecular formula is C17H22N2O2. The first kappa shape index (κ1) is 14.0. The molecule has 2 unspecified atom stereocenters. The van der Waals surface area contributed by atoms with Crippen molar-refractivity contribution in [1.82, 2.24) is 4.98 Å². The molecule has 4 heteroatoms. The van der Waals surface area contributed by atoms with Crippen LogP contribution >= 0.6 is 0 Å². The summed E-state index contributed by atoms with van der Waals surface area (Å²) in [7, 11) is 3.39. The van der Waals surface area contributed by atoms with E-state index in [1.54, 1.807) is 14.2 Å². The van der Waals surface area contributed by atoms with E-state index in [-0.39, 0.29) is 0 Å². The lowest BCUT2D eigenvalue weighted by atomic mass is 9.95. The number of fused-ring (bicyclic) bond motifs is 3. The fraction of sp³-hybridized carbons (Fsp3) is 0.471. The number of ether oxygens (including phenoxy) is 2. The van der Waals surface area contributed by atoms with Crippen molar-refractivity contribution in [2.75, 3.05) is 19.5 Å². The molecule has 3 rings (SSSR count). The van der Waals surface area contributed by atoms with Gasteiger partial charge in [-0.25, -0.2) is 4.98 Å². The Bertz CT molecular complexity index is 725. The molecule has 1 N–H and O–H groups in total. The van der Waals surface area contributed by atoms with Crippen molar-refractivity contribution in [3.63, 3.8) is 0 Å². The first-order chi connectivity index (χ1) is 9.99. The molecule has 0 aliphatic carbocycles. The van der Waals surface area contributed by atoms with Crippen LogP contribution in [-0.2, 0) is 0 Å². The van der Waals surface area contributed by atoms with Gasteiger partial charge >= 0.3 is 0 Å². The predicted molar refractivity (Wildman–Crippen MR) is 85.8 cm³/mol. The maximum Gasteiger partial charge on any atom is 0.145 e. The number of aromatic nitrogens is 1. The first-order valence-electron chi connectivity index (χ1n) is 7.31. The lowest BCUT2D eigenvalue weighted by Gasteiger charge is -2.17. The van der Waals surface area contributed by atoms with Crippen LogP contribution in [-0.4, -0.2) is 25.2 Å². The van der Waals surface area contributed by atoms with E-state index in [0.29, 0.717) is 12.0 Å². The number of hydrogen-bond acceptors (Lipinski definition) is 4. The Morgan fingerprint density at radius 2 is 1.86 bits per heavy atom. The van der Waals surface area contributed by atoms with Gasteiger partial charge in [0.15, 0.2) is 0 Å². The quantitative estimate of drug-likeness (QED) is 0.912. The summed E-state index contributed by atoms with van der Waals surface area (Å²) in [5.74, 6) is 2.11. The van der Waals surface area contributed by atoms with Crippen LogP contribution < -0.4 is 14.8 Å². The minimum atomic E-state index is 0.391. The molecule has 1 aliphatic heterocycles. The topological polar surface area (TPSA) is 43.4 Å². The van der Waals surface area contributed by atoms with Crippen LogP contribution in [0.2, 0.25) is 0 Å². The first-order valence-corrected chi connectivity index (χ1v) is 7.31. The van der Waals surface area contributed by atoms with Crippen molar-refractivity contribution in [3.8, 4) is 11.5 Å². The highest BCUT2D eigenvalue weighted by molar-refractivity contribution is 6.03. The van der Waals surface area contributed by atoms with Gasteiger partial charge in [0.1, 0.15) is 17.0 Å². The van der Waals surface area contributed by atoms with Gasteiger partial charge in [-0.15, -0.1) is 0 Å². The van der Waals surface area contributed by atoms with Crippen molar-refractivity contribution in [1.29, 1.82) is 0 Å². The Balaban J connectivity index is 2.48. The average molecular weight is 286 g/mol. The third-order valence-corrected chi connectivity index (χ3v) is 4.59. The molecular weight excluding hydrogens is 264 g/mol. The standard InChI is InChI=1S/C17H22N2O2/c1-8-7-12(20-5)15-14(17(8)21-6)16-13(11(4)19-15)9(2)10(3)18-16/h7,9-10,18H,1-6H3. The number of nitrogens with one attached hydrogen (secondary N) is 1. The number of nitrogens with zero attached hydrogens (tertiary/aromatic N) is 1. The van der Waals surface area contributed by atoms with Crippen LogP contribution in [0.1, 0.15) is 36.6 Å². The number of hydrogen-bond donors (Lipinski definition) is 1. The summed E-state index contributed by atoms with van der Waals surface area (Å²) >= 11 is 0. The van der Waals surface area contributed by atoms with Crippen LogP contribution in [0.5, 0.6) is 11.5 Å². The molecule has 0 bridgehead atoms. The van der Waals surface area contributed by atoms with Crippen molar-refractivity contribution >= 4 is 16.6 Å². The van der Waals surface area contributed by atoms with E-state index < -0.39 is 0 Å².